The third-order valence-corrected chi connectivity index (χ3v) is 1.93. The summed E-state index contributed by atoms with van der Waals surface area (Å²) in [6.07, 6.45) is 0. The Bertz CT molecular complexity index is 349. The zero-order valence-electron chi connectivity index (χ0n) is 9.55. The second kappa shape index (κ2) is 5.29. The van der Waals surface area contributed by atoms with E-state index in [0.717, 1.165) is 0 Å². The monoisotopic (exact) mass is 223 g/mol. The number of carbonyl (C=O) groups is 1. The van der Waals surface area contributed by atoms with Gasteiger partial charge in [-0.3, -0.25) is 4.79 Å². The van der Waals surface area contributed by atoms with Crippen molar-refractivity contribution in [2.45, 2.75) is 13.8 Å². The number of hydrogen-bond acceptors (Lipinski definition) is 5. The average Bonchev–Trinajstić information content (AvgIpc) is 2.16. The predicted molar refractivity (Wildman–Crippen MR) is 62.7 cm³/mol. The maximum Gasteiger partial charge on any atom is 0.236 e. The normalized spacial score (nSPS) is 10.4. The molecule has 6 heteroatoms. The summed E-state index contributed by atoms with van der Waals surface area (Å²) in [5, 5.41) is 7.68. The molecule has 0 radical (unpaired) electrons. The summed E-state index contributed by atoms with van der Waals surface area (Å²) >= 11 is 0. The van der Waals surface area contributed by atoms with Gasteiger partial charge in [-0.25, -0.2) is 0 Å². The molecule has 16 heavy (non-hydrogen) atoms. The highest BCUT2D eigenvalue weighted by atomic mass is 16.1. The van der Waals surface area contributed by atoms with Crippen LogP contribution in [0.5, 0.6) is 0 Å². The Morgan fingerprint density at radius 1 is 1.44 bits per heavy atom. The number of aromatic nitrogens is 2. The first kappa shape index (κ1) is 12.2. The minimum atomic E-state index is -0.390. The third kappa shape index (κ3) is 3.72. The molecule has 6 nitrogen and oxygen atoms in total. The Balaban J connectivity index is 2.82. The molecule has 0 aliphatic carbocycles. The van der Waals surface area contributed by atoms with Crippen molar-refractivity contribution in [1.29, 1.82) is 0 Å². The smallest absolute Gasteiger partial charge is 0.236 e. The summed E-state index contributed by atoms with van der Waals surface area (Å²) in [5.41, 5.74) is 10.6. The van der Waals surface area contributed by atoms with Gasteiger partial charge in [0.2, 0.25) is 5.91 Å². The lowest BCUT2D eigenvalue weighted by Gasteiger charge is -2.23. The lowest BCUT2D eigenvalue weighted by Crippen LogP contribution is -2.36. The minimum absolute atomic E-state index is 0.136. The van der Waals surface area contributed by atoms with Crippen molar-refractivity contribution in [3.63, 3.8) is 0 Å². The van der Waals surface area contributed by atoms with E-state index in [9.17, 15) is 4.79 Å². The number of carbonyl (C=O) groups excluding carboxylic acids is 1. The highest BCUT2D eigenvalue weighted by Crippen LogP contribution is 2.11. The molecule has 0 spiro atoms. The van der Waals surface area contributed by atoms with E-state index in [-0.39, 0.29) is 12.5 Å². The van der Waals surface area contributed by atoms with Crippen molar-refractivity contribution in [3.05, 3.63) is 12.1 Å². The number of amides is 1. The Morgan fingerprint density at radius 3 is 2.56 bits per heavy atom. The van der Waals surface area contributed by atoms with Crippen molar-refractivity contribution in [2.24, 2.45) is 11.7 Å². The number of nitrogens with zero attached hydrogens (tertiary/aromatic N) is 3. The van der Waals surface area contributed by atoms with Gasteiger partial charge >= 0.3 is 0 Å². The van der Waals surface area contributed by atoms with Crippen LogP contribution in [0.15, 0.2) is 12.1 Å². The molecular formula is C10H17N5O. The van der Waals surface area contributed by atoms with Gasteiger partial charge in [-0.15, -0.1) is 10.2 Å². The fourth-order valence-electron chi connectivity index (χ4n) is 1.37. The average molecular weight is 223 g/mol. The van der Waals surface area contributed by atoms with E-state index in [4.69, 9.17) is 11.5 Å². The summed E-state index contributed by atoms with van der Waals surface area (Å²) in [6.45, 7) is 4.94. The SMILES string of the molecule is CC(C)CN(CC(N)=O)c1ccc(N)nn1. The van der Waals surface area contributed by atoms with Gasteiger partial charge in [0, 0.05) is 6.54 Å². The number of nitrogen functional groups attached to an aromatic ring is 1. The molecular weight excluding hydrogens is 206 g/mol. The van der Waals surface area contributed by atoms with Crippen LogP contribution in [0, 0.1) is 5.92 Å². The maximum absolute atomic E-state index is 10.9. The van der Waals surface area contributed by atoms with E-state index in [1.54, 1.807) is 17.0 Å². The van der Waals surface area contributed by atoms with E-state index in [1.165, 1.54) is 0 Å². The fraction of sp³-hybridized carbons (Fsp3) is 0.500. The molecule has 1 heterocycles. The van der Waals surface area contributed by atoms with Crippen molar-refractivity contribution in [1.82, 2.24) is 10.2 Å². The molecule has 0 atom stereocenters. The third-order valence-electron chi connectivity index (χ3n) is 1.93. The lowest BCUT2D eigenvalue weighted by molar-refractivity contribution is -0.116. The molecule has 88 valence electrons. The van der Waals surface area contributed by atoms with E-state index >= 15 is 0 Å². The quantitative estimate of drug-likeness (QED) is 0.732. The molecule has 0 aromatic carbocycles. The van der Waals surface area contributed by atoms with E-state index in [1.807, 2.05) is 0 Å². The first-order valence-electron chi connectivity index (χ1n) is 5.11. The van der Waals surface area contributed by atoms with E-state index < -0.39 is 0 Å². The molecule has 0 unspecified atom stereocenters. The van der Waals surface area contributed by atoms with Crippen LogP contribution in [-0.4, -0.2) is 29.2 Å². The first-order valence-corrected chi connectivity index (χ1v) is 5.11. The number of primary amides is 1. The van der Waals surface area contributed by atoms with Crippen molar-refractivity contribution in [3.8, 4) is 0 Å². The standard InChI is InChI=1S/C10H17N5O/c1-7(2)5-15(6-9(12)16)10-4-3-8(11)13-14-10/h3-4,7H,5-6H2,1-2H3,(H2,11,13)(H2,12,16). The van der Waals surface area contributed by atoms with E-state index in [0.29, 0.717) is 24.1 Å². The number of hydrogen-bond donors (Lipinski definition) is 2. The molecule has 0 fully saturated rings. The Hall–Kier alpha value is -1.85. The second-order valence-corrected chi connectivity index (χ2v) is 4.06. The molecule has 0 bridgehead atoms. The zero-order valence-corrected chi connectivity index (χ0v) is 9.55. The summed E-state index contributed by atoms with van der Waals surface area (Å²) < 4.78 is 0. The topological polar surface area (TPSA) is 98.1 Å². The van der Waals surface area contributed by atoms with Crippen molar-refractivity contribution < 1.29 is 4.79 Å². The van der Waals surface area contributed by atoms with Gasteiger partial charge in [0.1, 0.15) is 5.82 Å². The van der Waals surface area contributed by atoms with Crippen LogP contribution in [0.25, 0.3) is 0 Å². The molecule has 0 saturated carbocycles. The Kier molecular flexibility index (Phi) is 4.04. The van der Waals surface area contributed by atoms with Crippen LogP contribution in [0.4, 0.5) is 11.6 Å². The molecule has 1 aromatic heterocycles. The second-order valence-electron chi connectivity index (χ2n) is 4.06. The van der Waals surface area contributed by atoms with Crippen LogP contribution in [0.3, 0.4) is 0 Å². The number of anilines is 2. The van der Waals surface area contributed by atoms with Gasteiger partial charge in [-0.05, 0) is 18.1 Å². The summed E-state index contributed by atoms with van der Waals surface area (Å²) in [5.74, 6) is 0.979. The van der Waals surface area contributed by atoms with E-state index in [2.05, 4.69) is 24.0 Å². The highest BCUT2D eigenvalue weighted by Gasteiger charge is 2.12. The minimum Gasteiger partial charge on any atom is -0.382 e. The number of nitrogens with two attached hydrogens (primary N) is 2. The van der Waals surface area contributed by atoms with Gasteiger partial charge in [0.15, 0.2) is 5.82 Å². The van der Waals surface area contributed by atoms with Gasteiger partial charge < -0.3 is 16.4 Å². The van der Waals surface area contributed by atoms with Gasteiger partial charge in [-0.1, -0.05) is 13.8 Å². The van der Waals surface area contributed by atoms with Crippen molar-refractivity contribution >= 4 is 17.5 Å². The van der Waals surface area contributed by atoms with Gasteiger partial charge in [-0.2, -0.15) is 0 Å². The van der Waals surface area contributed by atoms with Crippen LogP contribution in [0.1, 0.15) is 13.8 Å². The summed E-state index contributed by atoms with van der Waals surface area (Å²) in [6, 6.07) is 3.38. The molecule has 0 aliphatic rings. The lowest BCUT2D eigenvalue weighted by atomic mass is 10.2. The first-order chi connectivity index (χ1) is 7.49. The van der Waals surface area contributed by atoms with Crippen LogP contribution in [0.2, 0.25) is 0 Å². The molecule has 1 rings (SSSR count). The Morgan fingerprint density at radius 2 is 2.12 bits per heavy atom. The van der Waals surface area contributed by atoms with Crippen LogP contribution in [-0.2, 0) is 4.79 Å². The van der Waals surface area contributed by atoms with Gasteiger partial charge in [0.05, 0.1) is 6.54 Å². The van der Waals surface area contributed by atoms with Crippen LogP contribution < -0.4 is 16.4 Å². The summed E-state index contributed by atoms with van der Waals surface area (Å²) in [7, 11) is 0. The Labute approximate surface area is 94.6 Å². The fourth-order valence-corrected chi connectivity index (χ4v) is 1.37. The predicted octanol–water partition coefficient (Wildman–Crippen LogP) is 0.00650. The largest absolute Gasteiger partial charge is 0.382 e. The highest BCUT2D eigenvalue weighted by molar-refractivity contribution is 5.79. The van der Waals surface area contributed by atoms with Crippen LogP contribution >= 0.6 is 0 Å². The molecule has 1 amide bonds. The maximum atomic E-state index is 10.9. The molecule has 0 aliphatic heterocycles. The summed E-state index contributed by atoms with van der Waals surface area (Å²) in [4.78, 5) is 12.7. The molecule has 4 N–H and O–H groups in total. The van der Waals surface area contributed by atoms with Crippen molar-refractivity contribution in [2.75, 3.05) is 23.7 Å². The molecule has 0 saturated heterocycles. The van der Waals surface area contributed by atoms with Gasteiger partial charge in [0.25, 0.3) is 0 Å². The zero-order chi connectivity index (χ0) is 12.1. The number of rotatable bonds is 5. The molecule has 1 aromatic rings.